The van der Waals surface area contributed by atoms with Gasteiger partial charge in [0.15, 0.2) is 11.3 Å². The molecule has 1 aliphatic carbocycles. The number of aromatic nitrogens is 1. The summed E-state index contributed by atoms with van der Waals surface area (Å²) in [6, 6.07) is 11.2. The van der Waals surface area contributed by atoms with E-state index in [2.05, 4.69) is 16.0 Å². The Morgan fingerprint density at radius 2 is 2.04 bits per heavy atom. The molecule has 2 aromatic carbocycles. The van der Waals surface area contributed by atoms with E-state index in [1.165, 1.54) is 16.8 Å². The van der Waals surface area contributed by atoms with Crippen molar-refractivity contribution in [2.24, 2.45) is 4.99 Å². The molecular weight excluding hydrogens is 346 g/mol. The van der Waals surface area contributed by atoms with Gasteiger partial charge in [0.1, 0.15) is 11.2 Å². The molecule has 2 aromatic rings. The largest absolute Gasteiger partial charge is 0.452 e. The highest BCUT2D eigenvalue weighted by Gasteiger charge is 2.28. The lowest BCUT2D eigenvalue weighted by molar-refractivity contribution is 0.590. The lowest BCUT2D eigenvalue weighted by Gasteiger charge is -2.37. The molecule has 0 radical (unpaired) electrons. The predicted molar refractivity (Wildman–Crippen MR) is 113 cm³/mol. The fraction of sp³-hybridized carbons (Fsp3) is 0.333. The number of nitrogens with zero attached hydrogens (tertiary/aromatic N) is 3. The van der Waals surface area contributed by atoms with Crippen LogP contribution >= 0.6 is 0 Å². The first-order valence-electron chi connectivity index (χ1n) is 12.3. The molecule has 0 fully saturated rings. The molecule has 6 rings (SSSR count). The summed E-state index contributed by atoms with van der Waals surface area (Å²) in [6.45, 7) is -3.48. The quantitative estimate of drug-likeness (QED) is 0.358. The number of fused-ring (bicyclic) bond motifs is 5. The molecule has 0 spiro atoms. The molecule has 4 aliphatic rings. The van der Waals surface area contributed by atoms with Gasteiger partial charge in [-0.25, -0.2) is 4.98 Å². The Hall–Kier alpha value is -2.88. The number of aryl methyl sites for hydroxylation is 2. The van der Waals surface area contributed by atoms with Crippen LogP contribution in [0, 0.1) is 0 Å². The fourth-order valence-corrected chi connectivity index (χ4v) is 4.90. The lowest BCUT2D eigenvalue weighted by Crippen LogP contribution is -2.34. The number of anilines is 1. The summed E-state index contributed by atoms with van der Waals surface area (Å²) in [4.78, 5) is 11.5. The van der Waals surface area contributed by atoms with Crippen molar-refractivity contribution in [1.82, 2.24) is 4.98 Å². The van der Waals surface area contributed by atoms with E-state index >= 15 is 0 Å². The molecule has 4 nitrogen and oxygen atoms in total. The zero-order valence-electron chi connectivity index (χ0n) is 20.5. The Bertz CT molecular complexity index is 1450. The molecular formula is C24H23N3O. The van der Waals surface area contributed by atoms with E-state index in [9.17, 15) is 0 Å². The van der Waals surface area contributed by atoms with Crippen LogP contribution in [0.2, 0.25) is 0 Å². The van der Waals surface area contributed by atoms with E-state index in [4.69, 9.17) is 16.3 Å². The molecule has 28 heavy (non-hydrogen) atoms. The van der Waals surface area contributed by atoms with Gasteiger partial charge in [-0.3, -0.25) is 4.99 Å². The second-order valence-corrected chi connectivity index (χ2v) is 7.63. The van der Waals surface area contributed by atoms with E-state index in [0.717, 1.165) is 55.3 Å². The van der Waals surface area contributed by atoms with Gasteiger partial charge in [0.05, 0.1) is 8.10 Å². The first kappa shape index (κ1) is 11.8. The zero-order valence-corrected chi connectivity index (χ0v) is 15.5. The van der Waals surface area contributed by atoms with Crippen LogP contribution in [0.5, 0.6) is 0 Å². The third-order valence-electron chi connectivity index (χ3n) is 6.03. The minimum Gasteiger partial charge on any atom is -0.452 e. The third kappa shape index (κ3) is 2.24. The number of hydrogen-bond acceptors (Lipinski definition) is 4. The Morgan fingerprint density at radius 1 is 1.18 bits per heavy atom. The van der Waals surface area contributed by atoms with E-state index in [-0.39, 0.29) is 5.36 Å². The molecule has 0 saturated carbocycles. The highest BCUT2D eigenvalue weighted by atomic mass is 16.3. The van der Waals surface area contributed by atoms with Gasteiger partial charge in [-0.15, -0.1) is 0 Å². The minimum atomic E-state index is -2.88. The average Bonchev–Trinajstić information content (AvgIpc) is 2.78. The topological polar surface area (TPSA) is 41.6 Å². The van der Waals surface area contributed by atoms with Crippen LogP contribution in [0.1, 0.15) is 37.7 Å². The number of benzene rings is 3. The maximum atomic E-state index is 8.01. The molecule has 0 aromatic heterocycles. The lowest BCUT2D eigenvalue weighted by atomic mass is 9.91. The van der Waals surface area contributed by atoms with Crippen molar-refractivity contribution in [1.29, 1.82) is 0 Å². The summed E-state index contributed by atoms with van der Waals surface area (Å²) >= 11 is 0. The molecule has 3 aliphatic heterocycles. The van der Waals surface area contributed by atoms with Crippen molar-refractivity contribution in [2.75, 3.05) is 24.5 Å². The van der Waals surface area contributed by atoms with Crippen molar-refractivity contribution in [3.63, 3.8) is 0 Å². The molecule has 0 saturated heterocycles. The molecule has 3 heterocycles. The average molecular weight is 374 g/mol. The summed E-state index contributed by atoms with van der Waals surface area (Å²) < 4.78 is 45.1. The van der Waals surface area contributed by atoms with E-state index < -0.39 is 13.3 Å². The third-order valence-corrected chi connectivity index (χ3v) is 6.03. The second-order valence-electron chi connectivity index (χ2n) is 7.63. The van der Waals surface area contributed by atoms with Gasteiger partial charge < -0.3 is 9.32 Å². The maximum Gasteiger partial charge on any atom is 0.158 e. The normalized spacial score (nSPS) is 20.5. The Morgan fingerprint density at radius 3 is 2.93 bits per heavy atom. The smallest absolute Gasteiger partial charge is 0.158 e. The molecule has 0 unspecified atom stereocenters. The van der Waals surface area contributed by atoms with Gasteiger partial charge in [-0.2, -0.15) is 0 Å². The SMILES string of the molecule is [2H]C([2H])([2H])C([2H])([2H])N=c1cc2oc3c4c5c(cc3nc-2c2ccccc12)CCCN5CCC4. The van der Waals surface area contributed by atoms with Crippen molar-refractivity contribution >= 4 is 27.6 Å². The monoisotopic (exact) mass is 374 g/mol. The summed E-state index contributed by atoms with van der Waals surface area (Å²) in [6.07, 6.45) is 4.18. The Balaban J connectivity index is 1.70. The molecule has 0 N–H and O–H groups in total. The van der Waals surface area contributed by atoms with Gasteiger partial charge in [-0.05, 0) is 44.2 Å². The first-order valence-corrected chi connectivity index (χ1v) is 9.85. The summed E-state index contributed by atoms with van der Waals surface area (Å²) in [7, 11) is 0. The van der Waals surface area contributed by atoms with Crippen LogP contribution in [-0.2, 0) is 12.8 Å². The standard InChI is InChI=1S/C24H23N3O/c1-2-25-19-14-21-22(17-9-4-3-8-16(17)19)26-20-13-15-7-5-11-27-12-6-10-18(23(15)27)24(20)28-21/h3-4,8-9,13-14H,2,5-7,10-12H2,1H3/i1D3,2D2. The molecule has 0 atom stereocenters. The Labute approximate surface area is 170 Å². The van der Waals surface area contributed by atoms with Crippen LogP contribution in [0.4, 0.5) is 5.69 Å². The van der Waals surface area contributed by atoms with Gasteiger partial charge in [0, 0.05) is 51.8 Å². The predicted octanol–water partition coefficient (Wildman–Crippen LogP) is 4.71. The summed E-state index contributed by atoms with van der Waals surface area (Å²) in [5.74, 6) is 0.477. The van der Waals surface area contributed by atoms with Crippen LogP contribution in [0.25, 0.3) is 33.3 Å². The number of rotatable bonds is 1. The van der Waals surface area contributed by atoms with E-state index in [1.54, 1.807) is 6.07 Å². The minimum absolute atomic E-state index is 0.248. The van der Waals surface area contributed by atoms with Crippen LogP contribution < -0.4 is 10.3 Å². The summed E-state index contributed by atoms with van der Waals surface area (Å²) in [5.41, 5.74) is 6.05. The van der Waals surface area contributed by atoms with Crippen LogP contribution in [-0.4, -0.2) is 24.6 Å². The van der Waals surface area contributed by atoms with Crippen molar-refractivity contribution < 1.29 is 11.3 Å². The van der Waals surface area contributed by atoms with Crippen molar-refractivity contribution in [3.05, 3.63) is 52.9 Å². The molecule has 0 amide bonds. The maximum absolute atomic E-state index is 8.01. The van der Waals surface area contributed by atoms with Crippen LogP contribution in [0.15, 0.2) is 45.8 Å². The molecule has 0 bridgehead atoms. The second kappa shape index (κ2) is 6.06. The highest BCUT2D eigenvalue weighted by Crippen LogP contribution is 2.41. The van der Waals surface area contributed by atoms with Gasteiger partial charge in [0.25, 0.3) is 0 Å². The summed E-state index contributed by atoms with van der Waals surface area (Å²) in [5, 5.41) is 1.65. The highest BCUT2D eigenvalue weighted by molar-refractivity contribution is 5.97. The molecule has 140 valence electrons. The van der Waals surface area contributed by atoms with Gasteiger partial charge in [0.2, 0.25) is 0 Å². The number of hydrogen-bond donors (Lipinski definition) is 0. The zero-order chi connectivity index (χ0) is 23.0. The van der Waals surface area contributed by atoms with Gasteiger partial charge >= 0.3 is 0 Å². The van der Waals surface area contributed by atoms with E-state index in [0.29, 0.717) is 16.8 Å². The van der Waals surface area contributed by atoms with Crippen molar-refractivity contribution in [3.8, 4) is 11.5 Å². The van der Waals surface area contributed by atoms with Crippen molar-refractivity contribution in [2.45, 2.75) is 32.5 Å². The Kier molecular flexibility index (Phi) is 2.56. The van der Waals surface area contributed by atoms with E-state index in [1.807, 2.05) is 24.3 Å². The van der Waals surface area contributed by atoms with Gasteiger partial charge in [-0.1, -0.05) is 24.3 Å². The molecule has 4 heteroatoms. The fourth-order valence-electron chi connectivity index (χ4n) is 4.90. The van der Waals surface area contributed by atoms with Crippen LogP contribution in [0.3, 0.4) is 0 Å². The first-order chi connectivity index (χ1) is 15.7.